The molecule has 1 aliphatic heterocycles. The van der Waals surface area contributed by atoms with E-state index in [-0.39, 0.29) is 5.60 Å². The smallest absolute Gasteiger partial charge is 0.321 e. The van der Waals surface area contributed by atoms with Gasteiger partial charge in [0.1, 0.15) is 6.04 Å². The van der Waals surface area contributed by atoms with Crippen molar-refractivity contribution >= 4 is 5.97 Å². The third-order valence-corrected chi connectivity index (χ3v) is 2.76. The van der Waals surface area contributed by atoms with Crippen molar-refractivity contribution in [3.05, 3.63) is 0 Å². The first kappa shape index (κ1) is 14.4. The van der Waals surface area contributed by atoms with Crippen LogP contribution in [0.5, 0.6) is 0 Å². The minimum Gasteiger partial charge on any atom is -0.480 e. The minimum absolute atomic E-state index is 0.360. The summed E-state index contributed by atoms with van der Waals surface area (Å²) in [6.07, 6.45) is 2.00. The van der Waals surface area contributed by atoms with Crippen LogP contribution in [-0.4, -0.2) is 47.7 Å². The van der Waals surface area contributed by atoms with E-state index >= 15 is 0 Å². The van der Waals surface area contributed by atoms with E-state index in [2.05, 4.69) is 0 Å². The monoisotopic (exact) mass is 245 g/mol. The molecule has 2 unspecified atom stereocenters. The van der Waals surface area contributed by atoms with Crippen molar-refractivity contribution in [2.45, 2.75) is 58.1 Å². The summed E-state index contributed by atoms with van der Waals surface area (Å²) in [7, 11) is 1.55. The quantitative estimate of drug-likeness (QED) is 0.763. The number of carboxylic acids is 1. The fraction of sp³-hybridized carbons (Fsp3) is 0.917. The summed E-state index contributed by atoms with van der Waals surface area (Å²) in [6, 6.07) is -0.504. The molecule has 0 spiro atoms. The number of carbonyl (C=O) groups is 1. The highest BCUT2D eigenvalue weighted by Crippen LogP contribution is 2.23. The lowest BCUT2D eigenvalue weighted by Crippen LogP contribution is -2.53. The highest BCUT2D eigenvalue weighted by Gasteiger charge is 2.35. The molecule has 0 aromatic rings. The van der Waals surface area contributed by atoms with Crippen LogP contribution in [0.3, 0.4) is 0 Å². The summed E-state index contributed by atoms with van der Waals surface area (Å²) in [5.74, 6) is -0.802. The van der Waals surface area contributed by atoms with Crippen molar-refractivity contribution in [3.8, 4) is 0 Å². The van der Waals surface area contributed by atoms with E-state index in [0.717, 1.165) is 12.8 Å². The van der Waals surface area contributed by atoms with E-state index in [1.165, 1.54) is 0 Å². The van der Waals surface area contributed by atoms with Crippen LogP contribution in [-0.2, 0) is 14.3 Å². The number of rotatable bonds is 4. The lowest BCUT2D eigenvalue weighted by atomic mass is 10.0. The average Bonchev–Trinajstić information content (AvgIpc) is 2.24. The topological polar surface area (TPSA) is 59.0 Å². The van der Waals surface area contributed by atoms with Gasteiger partial charge < -0.3 is 14.6 Å². The Morgan fingerprint density at radius 3 is 2.53 bits per heavy atom. The summed E-state index contributed by atoms with van der Waals surface area (Å²) in [5.41, 5.74) is -0.360. The Balaban J connectivity index is 2.73. The second-order valence-electron chi connectivity index (χ2n) is 5.36. The van der Waals surface area contributed by atoms with Gasteiger partial charge in [-0.05, 0) is 33.6 Å². The molecule has 17 heavy (non-hydrogen) atoms. The van der Waals surface area contributed by atoms with Crippen LogP contribution in [0.2, 0.25) is 0 Å². The summed E-state index contributed by atoms with van der Waals surface area (Å²) < 4.78 is 11.0. The first-order valence-corrected chi connectivity index (χ1v) is 6.04. The first-order chi connectivity index (χ1) is 7.85. The van der Waals surface area contributed by atoms with Crippen molar-refractivity contribution < 1.29 is 19.4 Å². The number of piperidine rings is 1. The number of nitrogens with zero attached hydrogens (tertiary/aromatic N) is 1. The van der Waals surface area contributed by atoms with Gasteiger partial charge in [-0.15, -0.1) is 0 Å². The van der Waals surface area contributed by atoms with Crippen LogP contribution in [0.15, 0.2) is 0 Å². The predicted octanol–water partition coefficient (Wildman–Crippen LogP) is 1.67. The third-order valence-electron chi connectivity index (χ3n) is 2.76. The Kier molecular flexibility index (Phi) is 4.91. The van der Waals surface area contributed by atoms with Crippen LogP contribution in [0.4, 0.5) is 0 Å². The molecule has 0 bridgehead atoms. The van der Waals surface area contributed by atoms with E-state index < -0.39 is 18.4 Å². The Morgan fingerprint density at radius 2 is 2.06 bits per heavy atom. The zero-order valence-corrected chi connectivity index (χ0v) is 11.1. The van der Waals surface area contributed by atoms with Crippen molar-refractivity contribution in [1.82, 2.24) is 4.90 Å². The van der Waals surface area contributed by atoms with Crippen LogP contribution in [0.25, 0.3) is 0 Å². The molecule has 1 rings (SSSR count). The zero-order valence-electron chi connectivity index (χ0n) is 11.1. The van der Waals surface area contributed by atoms with Gasteiger partial charge >= 0.3 is 5.97 Å². The van der Waals surface area contributed by atoms with E-state index in [4.69, 9.17) is 9.47 Å². The van der Waals surface area contributed by atoms with Gasteiger partial charge in [0.05, 0.1) is 5.60 Å². The van der Waals surface area contributed by atoms with Crippen LogP contribution < -0.4 is 0 Å². The number of methoxy groups -OCH3 is 1. The standard InChI is InChI=1S/C12H23NO4/c1-12(2,3)17-11(16-4)13-8-6-5-7-9(13)10(14)15/h9,11H,5-8H2,1-4H3,(H,14,15). The number of carboxylic acid groups (broad SMARTS) is 1. The molecular weight excluding hydrogens is 222 g/mol. The lowest BCUT2D eigenvalue weighted by Gasteiger charge is -2.40. The normalized spacial score (nSPS) is 24.6. The number of ether oxygens (including phenoxy) is 2. The molecule has 0 aromatic heterocycles. The van der Waals surface area contributed by atoms with Gasteiger partial charge in [-0.1, -0.05) is 6.42 Å². The molecule has 2 atom stereocenters. The number of hydrogen-bond acceptors (Lipinski definition) is 4. The second kappa shape index (κ2) is 5.80. The first-order valence-electron chi connectivity index (χ1n) is 6.04. The lowest BCUT2D eigenvalue weighted by molar-refractivity contribution is -0.265. The largest absolute Gasteiger partial charge is 0.480 e. The minimum atomic E-state index is -0.802. The third kappa shape index (κ3) is 4.26. The molecule has 5 heteroatoms. The van der Waals surface area contributed by atoms with E-state index in [1.807, 2.05) is 20.8 Å². The van der Waals surface area contributed by atoms with Crippen molar-refractivity contribution in [2.24, 2.45) is 0 Å². The number of aliphatic carboxylic acids is 1. The molecule has 5 nitrogen and oxygen atoms in total. The molecule has 1 N–H and O–H groups in total. The highest BCUT2D eigenvalue weighted by atomic mass is 16.7. The maximum Gasteiger partial charge on any atom is 0.321 e. The molecule has 100 valence electrons. The maximum absolute atomic E-state index is 11.2. The van der Waals surface area contributed by atoms with Gasteiger partial charge in [0, 0.05) is 13.7 Å². The van der Waals surface area contributed by atoms with Gasteiger partial charge in [0.25, 0.3) is 0 Å². The van der Waals surface area contributed by atoms with Crippen molar-refractivity contribution in [1.29, 1.82) is 0 Å². The van der Waals surface area contributed by atoms with Crippen LogP contribution in [0, 0.1) is 0 Å². The maximum atomic E-state index is 11.2. The van der Waals surface area contributed by atoms with Crippen LogP contribution >= 0.6 is 0 Å². The van der Waals surface area contributed by atoms with E-state index in [1.54, 1.807) is 12.0 Å². The van der Waals surface area contributed by atoms with Gasteiger partial charge in [-0.25, -0.2) is 4.90 Å². The SMILES string of the molecule is COC(OC(C)(C)C)N1CCCCC1C(=O)O. The Labute approximate surface area is 103 Å². The molecule has 0 aliphatic carbocycles. The van der Waals surface area contributed by atoms with Gasteiger partial charge in [-0.2, -0.15) is 0 Å². The molecule has 0 amide bonds. The Bertz CT molecular complexity index is 262. The fourth-order valence-corrected chi connectivity index (χ4v) is 2.03. The summed E-state index contributed by atoms with van der Waals surface area (Å²) in [5, 5.41) is 9.20. The number of likely N-dealkylation sites (tertiary alicyclic amines) is 1. The molecule has 1 heterocycles. The molecule has 1 aliphatic rings. The van der Waals surface area contributed by atoms with Gasteiger partial charge in [0.15, 0.2) is 0 Å². The summed E-state index contributed by atoms with van der Waals surface area (Å²) >= 11 is 0. The molecule has 0 aromatic carbocycles. The second-order valence-corrected chi connectivity index (χ2v) is 5.36. The molecule has 1 fully saturated rings. The molecule has 0 radical (unpaired) electrons. The van der Waals surface area contributed by atoms with Gasteiger partial charge in [-0.3, -0.25) is 4.79 Å². The van der Waals surface area contributed by atoms with E-state index in [0.29, 0.717) is 13.0 Å². The Morgan fingerprint density at radius 1 is 1.41 bits per heavy atom. The molecular formula is C12H23NO4. The van der Waals surface area contributed by atoms with Crippen molar-refractivity contribution in [2.75, 3.05) is 13.7 Å². The van der Waals surface area contributed by atoms with Crippen LogP contribution in [0.1, 0.15) is 40.0 Å². The Hall–Kier alpha value is -0.650. The molecule has 0 saturated carbocycles. The average molecular weight is 245 g/mol. The summed E-state index contributed by atoms with van der Waals surface area (Å²) in [4.78, 5) is 13.0. The summed E-state index contributed by atoms with van der Waals surface area (Å²) in [6.45, 7) is 6.49. The molecule has 1 saturated heterocycles. The fourth-order valence-electron chi connectivity index (χ4n) is 2.03. The number of hydrogen-bond donors (Lipinski definition) is 1. The highest BCUT2D eigenvalue weighted by molar-refractivity contribution is 5.73. The predicted molar refractivity (Wildman–Crippen MR) is 63.6 cm³/mol. The van der Waals surface area contributed by atoms with Crippen molar-refractivity contribution in [3.63, 3.8) is 0 Å². The van der Waals surface area contributed by atoms with E-state index in [9.17, 15) is 9.90 Å². The van der Waals surface area contributed by atoms with Gasteiger partial charge in [0.2, 0.25) is 6.41 Å². The zero-order chi connectivity index (χ0) is 13.1.